The van der Waals surface area contributed by atoms with E-state index in [2.05, 4.69) is 15.3 Å². The molecule has 10 heteroatoms. The maximum atomic E-state index is 12.6. The molecule has 32 heavy (non-hydrogen) atoms. The van der Waals surface area contributed by atoms with Crippen molar-refractivity contribution in [1.29, 1.82) is 0 Å². The fraction of sp³-hybridized carbons (Fsp3) is 0.273. The van der Waals surface area contributed by atoms with Crippen molar-refractivity contribution in [3.05, 3.63) is 46.5 Å². The second-order valence-electron chi connectivity index (χ2n) is 6.84. The van der Waals surface area contributed by atoms with Gasteiger partial charge in [-0.1, -0.05) is 11.8 Å². The van der Waals surface area contributed by atoms with Crippen molar-refractivity contribution in [2.75, 3.05) is 24.5 Å². The largest absolute Gasteiger partial charge is 0.462 e. The average molecular weight is 472 g/mol. The SMILES string of the molecule is CCOC(=O)c1c(NC(=O)CSc2nccc(-c3ccc4c(c3)OCO4)n2)sc(C)c1C. The first-order valence-corrected chi connectivity index (χ1v) is 11.7. The summed E-state index contributed by atoms with van der Waals surface area (Å²) in [5.41, 5.74) is 2.81. The van der Waals surface area contributed by atoms with Gasteiger partial charge in [0.25, 0.3) is 0 Å². The minimum absolute atomic E-state index is 0.100. The van der Waals surface area contributed by atoms with Gasteiger partial charge in [0.15, 0.2) is 16.7 Å². The number of aromatic nitrogens is 2. The summed E-state index contributed by atoms with van der Waals surface area (Å²) in [7, 11) is 0. The number of rotatable bonds is 7. The van der Waals surface area contributed by atoms with Gasteiger partial charge in [0.1, 0.15) is 5.00 Å². The molecule has 0 aliphatic carbocycles. The number of benzene rings is 1. The zero-order valence-electron chi connectivity index (χ0n) is 17.8. The van der Waals surface area contributed by atoms with Gasteiger partial charge in [-0.05, 0) is 50.6 Å². The number of ether oxygens (including phenoxy) is 3. The molecule has 3 heterocycles. The van der Waals surface area contributed by atoms with Crippen molar-refractivity contribution < 1.29 is 23.8 Å². The molecule has 1 aliphatic heterocycles. The van der Waals surface area contributed by atoms with Crippen LogP contribution in [-0.2, 0) is 9.53 Å². The van der Waals surface area contributed by atoms with Crippen molar-refractivity contribution in [3.8, 4) is 22.8 Å². The van der Waals surface area contributed by atoms with E-state index in [1.54, 1.807) is 19.2 Å². The number of esters is 1. The fourth-order valence-corrected chi connectivity index (χ4v) is 4.78. The molecule has 0 bridgehead atoms. The van der Waals surface area contributed by atoms with Crippen molar-refractivity contribution >= 4 is 40.0 Å². The van der Waals surface area contributed by atoms with Gasteiger partial charge >= 0.3 is 5.97 Å². The molecule has 4 rings (SSSR count). The highest BCUT2D eigenvalue weighted by Gasteiger charge is 2.22. The molecule has 0 atom stereocenters. The van der Waals surface area contributed by atoms with Crippen molar-refractivity contribution in [2.24, 2.45) is 0 Å². The molecule has 0 unspecified atom stereocenters. The van der Waals surface area contributed by atoms with Crippen LogP contribution in [0.15, 0.2) is 35.6 Å². The van der Waals surface area contributed by atoms with E-state index in [0.29, 0.717) is 27.2 Å². The third-order valence-electron chi connectivity index (χ3n) is 4.75. The van der Waals surface area contributed by atoms with E-state index in [9.17, 15) is 9.59 Å². The minimum Gasteiger partial charge on any atom is -0.462 e. The maximum Gasteiger partial charge on any atom is 0.341 e. The topological polar surface area (TPSA) is 99.6 Å². The Balaban J connectivity index is 1.43. The molecule has 0 spiro atoms. The number of carbonyl (C=O) groups excluding carboxylic acids is 2. The van der Waals surface area contributed by atoms with Crippen LogP contribution < -0.4 is 14.8 Å². The van der Waals surface area contributed by atoms with E-state index in [0.717, 1.165) is 21.7 Å². The lowest BCUT2D eigenvalue weighted by Gasteiger charge is -2.07. The highest BCUT2D eigenvalue weighted by atomic mass is 32.2. The first kappa shape index (κ1) is 22.1. The maximum absolute atomic E-state index is 12.6. The lowest BCUT2D eigenvalue weighted by Crippen LogP contribution is -2.16. The van der Waals surface area contributed by atoms with E-state index in [-0.39, 0.29) is 25.1 Å². The van der Waals surface area contributed by atoms with Crippen molar-refractivity contribution in [1.82, 2.24) is 9.97 Å². The average Bonchev–Trinajstić information content (AvgIpc) is 3.36. The molecular weight excluding hydrogens is 450 g/mol. The minimum atomic E-state index is -0.433. The zero-order valence-corrected chi connectivity index (χ0v) is 19.4. The number of carbonyl (C=O) groups is 2. The predicted molar refractivity (Wildman–Crippen MR) is 123 cm³/mol. The Morgan fingerprint density at radius 3 is 2.84 bits per heavy atom. The third kappa shape index (κ3) is 4.71. The van der Waals surface area contributed by atoms with Crippen LogP contribution in [0.3, 0.4) is 0 Å². The lowest BCUT2D eigenvalue weighted by atomic mass is 10.1. The summed E-state index contributed by atoms with van der Waals surface area (Å²) in [5.74, 6) is 0.794. The Hall–Kier alpha value is -3.11. The summed E-state index contributed by atoms with van der Waals surface area (Å²) in [6.07, 6.45) is 1.65. The zero-order chi connectivity index (χ0) is 22.7. The molecule has 8 nitrogen and oxygen atoms in total. The van der Waals surface area contributed by atoms with Crippen molar-refractivity contribution in [2.45, 2.75) is 25.9 Å². The van der Waals surface area contributed by atoms with Crippen LogP contribution in [0.25, 0.3) is 11.3 Å². The number of hydrogen-bond acceptors (Lipinski definition) is 9. The van der Waals surface area contributed by atoms with Crippen LogP contribution in [-0.4, -0.2) is 41.0 Å². The van der Waals surface area contributed by atoms with Gasteiger partial charge in [0.2, 0.25) is 12.7 Å². The molecule has 0 saturated carbocycles. The van der Waals surface area contributed by atoms with E-state index in [4.69, 9.17) is 14.2 Å². The highest BCUT2D eigenvalue weighted by molar-refractivity contribution is 7.99. The Bertz CT molecular complexity index is 1180. The molecular formula is C22H21N3O5S2. The molecule has 0 fully saturated rings. The van der Waals surface area contributed by atoms with Crippen LogP contribution >= 0.6 is 23.1 Å². The van der Waals surface area contributed by atoms with Crippen LogP contribution in [0.1, 0.15) is 27.7 Å². The Labute approximate surface area is 193 Å². The summed E-state index contributed by atoms with van der Waals surface area (Å²) in [4.78, 5) is 34.6. The van der Waals surface area contributed by atoms with Crippen LogP contribution in [0.2, 0.25) is 0 Å². The molecule has 1 aromatic carbocycles. The van der Waals surface area contributed by atoms with E-state index < -0.39 is 5.97 Å². The Kier molecular flexibility index (Phi) is 6.61. The van der Waals surface area contributed by atoms with Gasteiger partial charge in [-0.2, -0.15) is 0 Å². The first-order chi connectivity index (χ1) is 15.5. The molecule has 1 amide bonds. The predicted octanol–water partition coefficient (Wildman–Crippen LogP) is 4.46. The molecule has 3 aromatic rings. The van der Waals surface area contributed by atoms with Gasteiger partial charge in [0, 0.05) is 16.6 Å². The van der Waals surface area contributed by atoms with Crippen LogP contribution in [0.5, 0.6) is 11.5 Å². The second-order valence-corrected chi connectivity index (χ2v) is 9.00. The summed E-state index contributed by atoms with van der Waals surface area (Å²) in [6, 6.07) is 7.40. The lowest BCUT2D eigenvalue weighted by molar-refractivity contribution is -0.113. The molecule has 166 valence electrons. The van der Waals surface area contributed by atoms with Crippen LogP contribution in [0.4, 0.5) is 5.00 Å². The van der Waals surface area contributed by atoms with E-state index in [1.165, 1.54) is 23.1 Å². The number of nitrogens with zero attached hydrogens (tertiary/aromatic N) is 2. The highest BCUT2D eigenvalue weighted by Crippen LogP contribution is 2.36. The van der Waals surface area contributed by atoms with Crippen molar-refractivity contribution in [3.63, 3.8) is 0 Å². The normalized spacial score (nSPS) is 12.0. The second kappa shape index (κ2) is 9.58. The molecule has 0 saturated heterocycles. The number of amides is 1. The van der Waals surface area contributed by atoms with E-state index in [1.807, 2.05) is 32.0 Å². The standard InChI is InChI=1S/C22H21N3O5S2/c1-4-28-21(27)19-12(2)13(3)32-20(19)25-18(26)10-31-22-23-8-7-15(24-22)14-5-6-16-17(9-14)30-11-29-16/h5-9H,4,10-11H2,1-3H3,(H,25,26). The number of thiophene rings is 1. The molecule has 2 aromatic heterocycles. The number of hydrogen-bond donors (Lipinski definition) is 1. The number of aryl methyl sites for hydroxylation is 1. The summed E-state index contributed by atoms with van der Waals surface area (Å²) in [6.45, 7) is 5.98. The monoisotopic (exact) mass is 471 g/mol. The summed E-state index contributed by atoms with van der Waals surface area (Å²) in [5, 5.41) is 3.80. The first-order valence-electron chi connectivity index (χ1n) is 9.89. The number of nitrogens with one attached hydrogen (secondary N) is 1. The van der Waals surface area contributed by atoms with Crippen LogP contribution in [0, 0.1) is 13.8 Å². The molecule has 1 aliphatic rings. The smallest absolute Gasteiger partial charge is 0.341 e. The van der Waals surface area contributed by atoms with E-state index >= 15 is 0 Å². The Morgan fingerprint density at radius 1 is 1.22 bits per heavy atom. The van der Waals surface area contributed by atoms with Gasteiger partial charge < -0.3 is 19.5 Å². The number of anilines is 1. The van der Waals surface area contributed by atoms with Gasteiger partial charge in [-0.25, -0.2) is 14.8 Å². The van der Waals surface area contributed by atoms with Gasteiger partial charge in [0.05, 0.1) is 23.6 Å². The summed E-state index contributed by atoms with van der Waals surface area (Å²) < 4.78 is 15.9. The van der Waals surface area contributed by atoms with Gasteiger partial charge in [-0.3, -0.25) is 4.79 Å². The summed E-state index contributed by atoms with van der Waals surface area (Å²) >= 11 is 2.58. The quantitative estimate of drug-likeness (QED) is 0.306. The molecule has 1 N–H and O–H groups in total. The van der Waals surface area contributed by atoms with Gasteiger partial charge in [-0.15, -0.1) is 11.3 Å². The third-order valence-corrected chi connectivity index (χ3v) is 6.74. The molecule has 0 radical (unpaired) electrons. The number of thioether (sulfide) groups is 1. The fourth-order valence-electron chi connectivity index (χ4n) is 3.08. The Morgan fingerprint density at radius 2 is 2.03 bits per heavy atom. The number of fused-ring (bicyclic) bond motifs is 1.